The van der Waals surface area contributed by atoms with Crippen LogP contribution in [0.3, 0.4) is 0 Å². The zero-order valence-corrected chi connectivity index (χ0v) is 10.9. The number of rotatable bonds is 3. The number of aromatic nitrogens is 3. The lowest BCUT2D eigenvalue weighted by atomic mass is 10.1. The average molecular weight is 261 g/mol. The normalized spacial score (nSPS) is 15.7. The molecule has 18 heavy (non-hydrogen) atoms. The van der Waals surface area contributed by atoms with E-state index >= 15 is 0 Å². The molecule has 1 N–H and O–H groups in total. The quantitative estimate of drug-likeness (QED) is 0.920. The summed E-state index contributed by atoms with van der Waals surface area (Å²) in [7, 11) is 0. The first-order valence-electron chi connectivity index (χ1n) is 6.18. The van der Waals surface area contributed by atoms with E-state index in [0.29, 0.717) is 0 Å². The number of pyridine rings is 1. The van der Waals surface area contributed by atoms with Crippen LogP contribution >= 0.6 is 11.3 Å². The van der Waals surface area contributed by atoms with Gasteiger partial charge in [-0.3, -0.25) is 0 Å². The highest BCUT2D eigenvalue weighted by Crippen LogP contribution is 2.27. The third kappa shape index (κ3) is 2.59. The Labute approximate surface area is 110 Å². The van der Waals surface area contributed by atoms with E-state index in [2.05, 4.69) is 25.4 Å². The zero-order chi connectivity index (χ0) is 12.2. The monoisotopic (exact) mass is 261 g/mol. The lowest BCUT2D eigenvalue weighted by Gasteiger charge is -2.25. The van der Waals surface area contributed by atoms with Crippen LogP contribution in [0.2, 0.25) is 0 Å². The molecule has 0 aromatic carbocycles. The molecular formula is C12H15N5S. The number of hydrogen-bond acceptors (Lipinski definition) is 6. The molecule has 0 bridgehead atoms. The molecule has 1 aliphatic heterocycles. The molecule has 5 nitrogen and oxygen atoms in total. The fourth-order valence-corrected chi connectivity index (χ4v) is 2.83. The van der Waals surface area contributed by atoms with Crippen LogP contribution in [-0.4, -0.2) is 28.3 Å². The third-order valence-electron chi connectivity index (χ3n) is 2.94. The van der Waals surface area contributed by atoms with Gasteiger partial charge in [0.15, 0.2) is 0 Å². The molecule has 0 radical (unpaired) electrons. The maximum atomic E-state index is 4.24. The van der Waals surface area contributed by atoms with Gasteiger partial charge in [0.05, 0.1) is 0 Å². The van der Waals surface area contributed by atoms with Gasteiger partial charge in [0.1, 0.15) is 5.82 Å². The molecule has 0 amide bonds. The van der Waals surface area contributed by atoms with Gasteiger partial charge < -0.3 is 10.2 Å². The van der Waals surface area contributed by atoms with Crippen molar-refractivity contribution in [2.45, 2.75) is 19.3 Å². The topological polar surface area (TPSA) is 53.9 Å². The standard InChI is InChI=1S/C12H15N5S/c1-4-8-17(9-5-1)12-16-15-11(18-12)14-10-6-2-3-7-13-10/h2-3,6-7H,1,4-5,8-9H2,(H,13,14,15). The minimum Gasteiger partial charge on any atom is -0.347 e. The molecule has 1 fully saturated rings. The Kier molecular flexibility index (Phi) is 3.36. The van der Waals surface area contributed by atoms with Gasteiger partial charge in [0.25, 0.3) is 0 Å². The van der Waals surface area contributed by atoms with Gasteiger partial charge in [-0.15, -0.1) is 10.2 Å². The fourth-order valence-electron chi connectivity index (χ4n) is 2.03. The Morgan fingerprint density at radius 1 is 1.11 bits per heavy atom. The Hall–Kier alpha value is -1.69. The van der Waals surface area contributed by atoms with Crippen molar-refractivity contribution < 1.29 is 0 Å². The van der Waals surface area contributed by atoms with Gasteiger partial charge in [-0.1, -0.05) is 17.4 Å². The average Bonchev–Trinajstić information content (AvgIpc) is 2.89. The summed E-state index contributed by atoms with van der Waals surface area (Å²) in [5.74, 6) is 0.804. The van der Waals surface area contributed by atoms with Gasteiger partial charge in [-0.25, -0.2) is 4.98 Å². The molecule has 1 aliphatic rings. The largest absolute Gasteiger partial charge is 0.347 e. The van der Waals surface area contributed by atoms with Gasteiger partial charge in [-0.2, -0.15) is 0 Å². The van der Waals surface area contributed by atoms with Crippen molar-refractivity contribution in [1.29, 1.82) is 0 Å². The second-order valence-corrected chi connectivity index (χ2v) is 5.23. The maximum Gasteiger partial charge on any atom is 0.212 e. The van der Waals surface area contributed by atoms with Crippen LogP contribution in [0, 0.1) is 0 Å². The summed E-state index contributed by atoms with van der Waals surface area (Å²) in [6, 6.07) is 5.76. The van der Waals surface area contributed by atoms with Crippen molar-refractivity contribution in [2.75, 3.05) is 23.3 Å². The highest BCUT2D eigenvalue weighted by atomic mass is 32.1. The maximum absolute atomic E-state index is 4.24. The van der Waals surface area contributed by atoms with E-state index in [-0.39, 0.29) is 0 Å². The predicted octanol–water partition coefficient (Wildman–Crippen LogP) is 2.67. The minimum atomic E-state index is 0.800. The number of piperidine rings is 1. The molecule has 0 aliphatic carbocycles. The first-order chi connectivity index (χ1) is 8.92. The Bertz CT molecular complexity index is 492. The van der Waals surface area contributed by atoms with Crippen molar-refractivity contribution >= 4 is 27.4 Å². The van der Waals surface area contributed by atoms with Crippen LogP contribution in [-0.2, 0) is 0 Å². The van der Waals surface area contributed by atoms with E-state index in [1.54, 1.807) is 17.5 Å². The van der Waals surface area contributed by atoms with Gasteiger partial charge in [0.2, 0.25) is 10.3 Å². The summed E-state index contributed by atoms with van der Waals surface area (Å²) in [4.78, 5) is 6.52. The van der Waals surface area contributed by atoms with Crippen molar-refractivity contribution in [3.8, 4) is 0 Å². The van der Waals surface area contributed by atoms with Crippen LogP contribution in [0.5, 0.6) is 0 Å². The Morgan fingerprint density at radius 3 is 2.78 bits per heavy atom. The Morgan fingerprint density at radius 2 is 2.00 bits per heavy atom. The first kappa shape index (κ1) is 11.4. The molecule has 2 aromatic heterocycles. The molecule has 3 heterocycles. The van der Waals surface area contributed by atoms with Crippen molar-refractivity contribution in [3.63, 3.8) is 0 Å². The van der Waals surface area contributed by atoms with Crippen LogP contribution in [0.15, 0.2) is 24.4 Å². The van der Waals surface area contributed by atoms with Crippen molar-refractivity contribution in [3.05, 3.63) is 24.4 Å². The van der Waals surface area contributed by atoms with Crippen molar-refractivity contribution in [2.24, 2.45) is 0 Å². The minimum absolute atomic E-state index is 0.800. The predicted molar refractivity (Wildman–Crippen MR) is 73.5 cm³/mol. The fraction of sp³-hybridized carbons (Fsp3) is 0.417. The first-order valence-corrected chi connectivity index (χ1v) is 7.00. The van der Waals surface area contributed by atoms with E-state index in [0.717, 1.165) is 29.2 Å². The van der Waals surface area contributed by atoms with E-state index in [1.165, 1.54) is 19.3 Å². The van der Waals surface area contributed by atoms with E-state index in [4.69, 9.17) is 0 Å². The van der Waals surface area contributed by atoms with E-state index in [9.17, 15) is 0 Å². The zero-order valence-electron chi connectivity index (χ0n) is 10.0. The molecule has 94 valence electrons. The molecular weight excluding hydrogens is 246 g/mol. The van der Waals surface area contributed by atoms with Crippen molar-refractivity contribution in [1.82, 2.24) is 15.2 Å². The second kappa shape index (κ2) is 5.30. The van der Waals surface area contributed by atoms with Gasteiger partial charge in [0, 0.05) is 19.3 Å². The SMILES string of the molecule is c1ccc(Nc2nnc(N3CCCCC3)s2)nc1. The lowest BCUT2D eigenvalue weighted by molar-refractivity contribution is 0.575. The number of nitrogens with one attached hydrogen (secondary N) is 1. The summed E-state index contributed by atoms with van der Waals surface area (Å²) < 4.78 is 0. The number of hydrogen-bond donors (Lipinski definition) is 1. The van der Waals surface area contributed by atoms with Crippen LogP contribution < -0.4 is 10.2 Å². The highest BCUT2D eigenvalue weighted by molar-refractivity contribution is 7.19. The third-order valence-corrected chi connectivity index (χ3v) is 3.84. The lowest BCUT2D eigenvalue weighted by Crippen LogP contribution is -2.29. The van der Waals surface area contributed by atoms with Gasteiger partial charge in [-0.05, 0) is 31.4 Å². The van der Waals surface area contributed by atoms with Crippen LogP contribution in [0.1, 0.15) is 19.3 Å². The summed E-state index contributed by atoms with van der Waals surface area (Å²) >= 11 is 1.59. The summed E-state index contributed by atoms with van der Waals surface area (Å²) in [5, 5.41) is 13.4. The highest BCUT2D eigenvalue weighted by Gasteiger charge is 2.15. The molecule has 0 atom stereocenters. The summed E-state index contributed by atoms with van der Waals surface area (Å²) in [6.45, 7) is 2.19. The van der Waals surface area contributed by atoms with E-state index in [1.807, 2.05) is 18.2 Å². The summed E-state index contributed by atoms with van der Waals surface area (Å²) in [5.41, 5.74) is 0. The molecule has 1 saturated heterocycles. The number of nitrogens with zero attached hydrogens (tertiary/aromatic N) is 4. The smallest absolute Gasteiger partial charge is 0.212 e. The molecule has 0 saturated carbocycles. The summed E-state index contributed by atoms with van der Waals surface area (Å²) in [6.07, 6.45) is 5.59. The molecule has 6 heteroatoms. The molecule has 0 spiro atoms. The van der Waals surface area contributed by atoms with Gasteiger partial charge >= 0.3 is 0 Å². The second-order valence-electron chi connectivity index (χ2n) is 4.28. The molecule has 0 unspecified atom stereocenters. The molecule has 2 aromatic rings. The molecule has 3 rings (SSSR count). The Balaban J connectivity index is 1.69. The van der Waals surface area contributed by atoms with Crippen LogP contribution in [0.4, 0.5) is 16.1 Å². The van der Waals surface area contributed by atoms with E-state index < -0.39 is 0 Å². The van der Waals surface area contributed by atoms with Crippen LogP contribution in [0.25, 0.3) is 0 Å². The number of anilines is 3.